The first-order chi connectivity index (χ1) is 17.5. The van der Waals surface area contributed by atoms with Crippen LogP contribution in [0.1, 0.15) is 70.8 Å². The van der Waals surface area contributed by atoms with E-state index in [4.69, 9.17) is 4.74 Å². The van der Waals surface area contributed by atoms with Crippen LogP contribution in [0.15, 0.2) is 36.7 Å². The van der Waals surface area contributed by atoms with Crippen molar-refractivity contribution in [3.05, 3.63) is 42.2 Å². The number of nitrogens with zero attached hydrogens (tertiary/aromatic N) is 2. The van der Waals surface area contributed by atoms with E-state index in [9.17, 15) is 26.3 Å². The van der Waals surface area contributed by atoms with Gasteiger partial charge in [0, 0.05) is 24.6 Å². The number of unbranched alkanes of at least 4 members (excludes halogenated alkanes) is 6. The summed E-state index contributed by atoms with van der Waals surface area (Å²) in [6, 6.07) is 5.49. The van der Waals surface area contributed by atoms with Crippen molar-refractivity contribution in [1.29, 1.82) is 0 Å². The predicted molar refractivity (Wildman–Crippen MR) is 131 cm³/mol. The van der Waals surface area contributed by atoms with Crippen LogP contribution < -0.4 is 4.74 Å². The number of rotatable bonds is 18. The quantitative estimate of drug-likeness (QED) is 0.143. The third-order valence-electron chi connectivity index (χ3n) is 5.90. The van der Waals surface area contributed by atoms with Crippen LogP contribution in [0.25, 0.3) is 11.4 Å². The Balaban J connectivity index is 1.89. The van der Waals surface area contributed by atoms with Crippen molar-refractivity contribution in [3.8, 4) is 17.1 Å². The van der Waals surface area contributed by atoms with Gasteiger partial charge in [0.25, 0.3) is 0 Å². The largest absolute Gasteiger partial charge is 0.487 e. The lowest BCUT2D eigenvalue weighted by Crippen LogP contribution is -2.58. The number of hydrogen-bond acceptors (Lipinski definition) is 4. The van der Waals surface area contributed by atoms with Crippen molar-refractivity contribution in [2.75, 3.05) is 19.8 Å². The number of benzene rings is 1. The van der Waals surface area contributed by atoms with E-state index in [1.807, 2.05) is 0 Å². The smallest absolute Gasteiger partial charge is 0.377 e. The Morgan fingerprint density at radius 2 is 1.27 bits per heavy atom. The molecule has 0 atom stereocenters. The van der Waals surface area contributed by atoms with Gasteiger partial charge < -0.3 is 9.47 Å². The molecule has 4 nitrogen and oxygen atoms in total. The van der Waals surface area contributed by atoms with Crippen LogP contribution in [-0.2, 0) is 11.2 Å². The van der Waals surface area contributed by atoms with Gasteiger partial charge in [-0.25, -0.2) is 9.97 Å². The number of halogens is 6. The summed E-state index contributed by atoms with van der Waals surface area (Å²) in [5.74, 6) is -15.6. The van der Waals surface area contributed by atoms with E-state index in [1.54, 1.807) is 19.3 Å². The highest BCUT2D eigenvalue weighted by molar-refractivity contribution is 5.55. The van der Waals surface area contributed by atoms with E-state index in [1.165, 1.54) is 49.9 Å². The first-order valence-corrected chi connectivity index (χ1v) is 12.8. The summed E-state index contributed by atoms with van der Waals surface area (Å²) in [5, 5.41) is 0. The van der Waals surface area contributed by atoms with Gasteiger partial charge in [0.05, 0.1) is 0 Å². The van der Waals surface area contributed by atoms with Gasteiger partial charge in [0.15, 0.2) is 12.4 Å². The highest BCUT2D eigenvalue weighted by atomic mass is 19.3. The Labute approximate surface area is 214 Å². The molecule has 0 N–H and O–H groups in total. The zero-order valence-electron chi connectivity index (χ0n) is 21.4. The molecule has 2 rings (SSSR count). The minimum absolute atomic E-state index is 0.179. The molecule has 0 unspecified atom stereocenters. The predicted octanol–water partition coefficient (Wildman–Crippen LogP) is 8.15. The van der Waals surface area contributed by atoms with Crippen LogP contribution in [0.4, 0.5) is 26.3 Å². The van der Waals surface area contributed by atoms with E-state index < -0.39 is 31.0 Å². The lowest BCUT2D eigenvalue weighted by molar-refractivity contribution is -0.324. The molecule has 1 heterocycles. The third kappa shape index (κ3) is 9.16. The Kier molecular flexibility index (Phi) is 12.1. The summed E-state index contributed by atoms with van der Waals surface area (Å²) in [6.45, 7) is -0.0244. The maximum absolute atomic E-state index is 14.1. The molecular weight excluding hydrogens is 498 g/mol. The lowest BCUT2D eigenvalue weighted by Gasteiger charge is -2.32. The minimum Gasteiger partial charge on any atom is -0.487 e. The van der Waals surface area contributed by atoms with Crippen LogP contribution >= 0.6 is 0 Å². The monoisotopic (exact) mass is 534 g/mol. The van der Waals surface area contributed by atoms with Crippen LogP contribution in [0.3, 0.4) is 0 Å². The summed E-state index contributed by atoms with van der Waals surface area (Å²) >= 11 is 0. The van der Waals surface area contributed by atoms with Gasteiger partial charge >= 0.3 is 17.8 Å². The Bertz CT molecular complexity index is 908. The van der Waals surface area contributed by atoms with Crippen LogP contribution in [0.5, 0.6) is 5.75 Å². The van der Waals surface area contributed by atoms with E-state index in [-0.39, 0.29) is 12.4 Å². The van der Waals surface area contributed by atoms with Crippen LogP contribution in [-0.4, -0.2) is 47.6 Å². The van der Waals surface area contributed by atoms with Gasteiger partial charge in [-0.2, -0.15) is 26.3 Å². The second-order valence-corrected chi connectivity index (χ2v) is 9.14. The van der Waals surface area contributed by atoms with Gasteiger partial charge in [-0.05, 0) is 49.1 Å². The molecule has 10 heteroatoms. The summed E-state index contributed by atoms with van der Waals surface area (Å²) in [5.41, 5.74) is 1.57. The highest BCUT2D eigenvalue weighted by Crippen LogP contribution is 2.46. The Morgan fingerprint density at radius 3 is 1.89 bits per heavy atom. The van der Waals surface area contributed by atoms with Crippen molar-refractivity contribution in [2.24, 2.45) is 0 Å². The first-order valence-electron chi connectivity index (χ1n) is 12.8. The molecule has 0 amide bonds. The molecule has 2 aromatic rings. The topological polar surface area (TPSA) is 44.2 Å². The fourth-order valence-electron chi connectivity index (χ4n) is 3.51. The molecule has 0 radical (unpaired) electrons. The first kappa shape index (κ1) is 30.9. The fourth-order valence-corrected chi connectivity index (χ4v) is 3.51. The molecule has 0 aliphatic carbocycles. The van der Waals surface area contributed by atoms with Gasteiger partial charge in [-0.1, -0.05) is 52.4 Å². The molecule has 208 valence electrons. The van der Waals surface area contributed by atoms with Crippen LogP contribution in [0.2, 0.25) is 0 Å². The molecule has 0 saturated carbocycles. The van der Waals surface area contributed by atoms with Gasteiger partial charge in [0.2, 0.25) is 0 Å². The minimum atomic E-state index is -5.66. The fraction of sp³-hybridized carbons (Fsp3) is 0.630. The van der Waals surface area contributed by atoms with Crippen LogP contribution in [0, 0.1) is 0 Å². The molecule has 0 fully saturated rings. The number of ether oxygens (including phenoxy) is 2. The van der Waals surface area contributed by atoms with Crippen molar-refractivity contribution < 1.29 is 35.8 Å². The second kappa shape index (κ2) is 14.5. The summed E-state index contributed by atoms with van der Waals surface area (Å²) in [4.78, 5) is 8.64. The van der Waals surface area contributed by atoms with E-state index in [0.717, 1.165) is 24.8 Å². The number of alkyl halides is 6. The highest BCUT2D eigenvalue weighted by Gasteiger charge is 2.71. The molecule has 1 aromatic heterocycles. The SMILES string of the molecule is CCCCCCCCc1cnc(-c2ccc(OCC(F)(F)C(F)(F)C(F)(F)COCCCC)cc2)nc1. The molecule has 0 aliphatic rings. The number of aryl methyl sites for hydroxylation is 1. The van der Waals surface area contributed by atoms with E-state index in [0.29, 0.717) is 24.2 Å². The summed E-state index contributed by atoms with van der Waals surface area (Å²) in [6.07, 6.45) is 12.4. The molecule has 0 bridgehead atoms. The Morgan fingerprint density at radius 1 is 0.703 bits per heavy atom. The normalized spacial score (nSPS) is 12.6. The molecule has 0 spiro atoms. The second-order valence-electron chi connectivity index (χ2n) is 9.14. The number of aromatic nitrogens is 2. The lowest BCUT2D eigenvalue weighted by atomic mass is 10.1. The van der Waals surface area contributed by atoms with E-state index in [2.05, 4.69) is 21.6 Å². The van der Waals surface area contributed by atoms with Gasteiger partial charge in [0.1, 0.15) is 12.4 Å². The van der Waals surface area contributed by atoms with Crippen molar-refractivity contribution in [3.63, 3.8) is 0 Å². The third-order valence-corrected chi connectivity index (χ3v) is 5.90. The average molecular weight is 535 g/mol. The van der Waals surface area contributed by atoms with Gasteiger partial charge in [-0.3, -0.25) is 0 Å². The zero-order chi connectivity index (χ0) is 27.4. The summed E-state index contributed by atoms with van der Waals surface area (Å²) in [7, 11) is 0. The van der Waals surface area contributed by atoms with Crippen molar-refractivity contribution >= 4 is 0 Å². The van der Waals surface area contributed by atoms with Gasteiger partial charge in [-0.15, -0.1) is 0 Å². The number of hydrogen-bond donors (Lipinski definition) is 0. The molecule has 0 saturated heterocycles. The molecule has 0 aliphatic heterocycles. The molecular formula is C27H36F6N2O2. The standard InChI is InChI=1S/C27H36F6N2O2/c1-3-5-7-8-9-10-11-21-17-34-24(35-18-21)22-12-14-23(15-13-22)37-20-26(30,31)27(32,33)25(28,29)19-36-16-6-4-2/h12-15,17-18H,3-11,16,19-20H2,1-2H3. The Hall–Kier alpha value is -2.36. The maximum Gasteiger partial charge on any atom is 0.377 e. The molecule has 37 heavy (non-hydrogen) atoms. The average Bonchev–Trinajstić information content (AvgIpc) is 2.88. The summed E-state index contributed by atoms with van der Waals surface area (Å²) < 4.78 is 93.0. The maximum atomic E-state index is 14.1. The zero-order valence-corrected chi connectivity index (χ0v) is 21.4. The molecule has 1 aromatic carbocycles. The van der Waals surface area contributed by atoms with Crippen molar-refractivity contribution in [1.82, 2.24) is 9.97 Å². The van der Waals surface area contributed by atoms with Crippen molar-refractivity contribution in [2.45, 2.75) is 89.4 Å². The van der Waals surface area contributed by atoms with E-state index >= 15 is 0 Å².